The van der Waals surface area contributed by atoms with Crippen molar-refractivity contribution in [2.24, 2.45) is 0 Å². The van der Waals surface area contributed by atoms with Crippen LogP contribution in [0.4, 0.5) is 0 Å². The molecule has 0 atom stereocenters. The normalized spacial score (nSPS) is 7.71. The number of nitrogens with zero attached hydrogens (tertiary/aromatic N) is 2. The molecule has 9 nitrogen and oxygen atoms in total. The van der Waals surface area contributed by atoms with Crippen molar-refractivity contribution in [1.82, 2.24) is 0 Å². The third kappa shape index (κ3) is 802. The summed E-state index contributed by atoms with van der Waals surface area (Å²) in [6, 6.07) is 0. The minimum atomic E-state index is -1.75. The summed E-state index contributed by atoms with van der Waals surface area (Å²) < 4.78 is 0. The fraction of sp³-hybridized carbons (Fsp3) is 1.00. The third-order valence-corrected chi connectivity index (χ3v) is 0. The van der Waals surface area contributed by atoms with Crippen LogP contribution in [0.15, 0.2) is 0 Å². The van der Waals surface area contributed by atoms with E-state index < -0.39 is 15.8 Å². The first-order valence-corrected chi connectivity index (χ1v) is 2.82. The fourth-order valence-corrected chi connectivity index (χ4v) is 0. The summed E-state index contributed by atoms with van der Waals surface area (Å²) in [6.07, 6.45) is 0. The van der Waals surface area contributed by atoms with Gasteiger partial charge in [-0.1, -0.05) is 0 Å². The molecular formula is C4H10N2NiO7. The average Bonchev–Trinajstić information content (AvgIpc) is 1.50. The Hall–Kier alpha value is -1.15. The Balaban J connectivity index is -0.0000000522. The molecular weight excluding hydrogens is 247 g/mol. The molecule has 0 amide bonds. The van der Waals surface area contributed by atoms with Crippen LogP contribution in [0.2, 0.25) is 0 Å². The Labute approximate surface area is 89.5 Å². The molecule has 0 saturated heterocycles. The van der Waals surface area contributed by atoms with E-state index in [1.807, 2.05) is 0 Å². The fourth-order valence-electron chi connectivity index (χ4n) is 0. The van der Waals surface area contributed by atoms with Gasteiger partial charge in [-0.25, -0.2) is 0 Å². The smallest absolute Gasteiger partial charge is 0.391 e. The van der Waals surface area contributed by atoms with Gasteiger partial charge in [0.2, 0.25) is 0 Å². The number of hydrogen-bond donors (Lipinski definition) is 1. The van der Waals surface area contributed by atoms with Gasteiger partial charge >= 0.3 is 16.5 Å². The second-order valence-corrected chi connectivity index (χ2v) is 2.62. The van der Waals surface area contributed by atoms with Gasteiger partial charge in [0, 0.05) is 0 Å². The molecule has 0 bridgehead atoms. The predicted molar refractivity (Wildman–Crippen MR) is 42.7 cm³/mol. The number of rotatable bonds is 0. The maximum atomic E-state index is 8.52. The number of aliphatic hydroxyl groups is 1. The topological polar surface area (TPSA) is 153 Å². The summed E-state index contributed by atoms with van der Waals surface area (Å²) >= 11 is 0. The predicted octanol–water partition coefficient (Wildman–Crippen LogP) is 0.296. The van der Waals surface area contributed by atoms with Gasteiger partial charge in [0.25, 0.3) is 0 Å². The molecule has 0 heterocycles. The zero-order valence-electron chi connectivity index (χ0n) is 7.61. The van der Waals surface area contributed by atoms with E-state index in [1.165, 1.54) is 0 Å². The first-order chi connectivity index (χ1) is 5.46. The van der Waals surface area contributed by atoms with Gasteiger partial charge < -0.3 is 35.7 Å². The average molecular weight is 257 g/mol. The van der Waals surface area contributed by atoms with Gasteiger partial charge in [-0.15, -0.1) is 0 Å². The molecule has 0 rings (SSSR count). The second-order valence-electron chi connectivity index (χ2n) is 2.62. The molecule has 0 aromatic carbocycles. The summed E-state index contributed by atoms with van der Waals surface area (Å²) in [7, 11) is 0. The van der Waals surface area contributed by atoms with E-state index in [9.17, 15) is 0 Å². The molecule has 0 fully saturated rings. The van der Waals surface area contributed by atoms with E-state index in [4.69, 9.17) is 35.7 Å². The van der Waals surface area contributed by atoms with Gasteiger partial charge in [-0.2, -0.15) is 0 Å². The van der Waals surface area contributed by atoms with Crippen LogP contribution < -0.4 is 0 Å². The quantitative estimate of drug-likeness (QED) is 0.371. The van der Waals surface area contributed by atoms with Crippen LogP contribution in [0.1, 0.15) is 20.8 Å². The van der Waals surface area contributed by atoms with Crippen molar-refractivity contribution in [2.75, 3.05) is 0 Å². The van der Waals surface area contributed by atoms with Crippen LogP contribution in [0.25, 0.3) is 0 Å². The molecule has 0 radical (unpaired) electrons. The minimum absolute atomic E-state index is 0. The Morgan fingerprint density at radius 2 is 0.929 bits per heavy atom. The monoisotopic (exact) mass is 256 g/mol. The number of hydrogen-bond acceptors (Lipinski definition) is 7. The van der Waals surface area contributed by atoms with Crippen LogP contribution >= 0.6 is 0 Å². The molecule has 0 spiro atoms. The zero-order chi connectivity index (χ0) is 11.7. The van der Waals surface area contributed by atoms with Gasteiger partial charge in [-0.05, 0) is 20.8 Å². The standard InChI is InChI=1S/C4H10O.2NO3.Ni/c1-4(2,3)5;2*2-1(3)4;/h5H,1-3H3;;;/q;2*-1;+2. The molecule has 0 aromatic rings. The Morgan fingerprint density at radius 3 is 0.929 bits per heavy atom. The van der Waals surface area contributed by atoms with Crippen molar-refractivity contribution in [3.63, 3.8) is 0 Å². The maximum Gasteiger partial charge on any atom is 2.00 e. The molecule has 1 N–H and O–H groups in total. The van der Waals surface area contributed by atoms with Crippen LogP contribution in [0.5, 0.6) is 0 Å². The molecule has 88 valence electrons. The molecule has 0 aliphatic carbocycles. The molecule has 0 saturated carbocycles. The largest absolute Gasteiger partial charge is 2.00 e. The van der Waals surface area contributed by atoms with Crippen LogP contribution in [0.3, 0.4) is 0 Å². The van der Waals surface area contributed by atoms with E-state index in [0.717, 1.165) is 0 Å². The molecule has 0 aliphatic heterocycles. The molecule has 0 aromatic heterocycles. The summed E-state index contributed by atoms with van der Waals surface area (Å²) in [6.45, 7) is 5.23. The summed E-state index contributed by atoms with van der Waals surface area (Å²) in [5.74, 6) is 0. The van der Waals surface area contributed by atoms with Crippen molar-refractivity contribution < 1.29 is 31.8 Å². The molecule has 0 unspecified atom stereocenters. The maximum absolute atomic E-state index is 8.52. The van der Waals surface area contributed by atoms with Crippen molar-refractivity contribution in [2.45, 2.75) is 26.4 Å². The van der Waals surface area contributed by atoms with Crippen LogP contribution in [-0.2, 0) is 16.5 Å². The van der Waals surface area contributed by atoms with E-state index in [0.29, 0.717) is 0 Å². The first kappa shape index (κ1) is 23.0. The van der Waals surface area contributed by atoms with Crippen molar-refractivity contribution in [3.05, 3.63) is 30.6 Å². The van der Waals surface area contributed by atoms with Gasteiger partial charge in [0.1, 0.15) is 0 Å². The molecule has 14 heavy (non-hydrogen) atoms. The SMILES string of the molecule is CC(C)(C)O.O=[N+]([O-])[O-].O=[N+]([O-])[O-].[Ni+2]. The Kier molecular flexibility index (Phi) is 19.5. The zero-order valence-corrected chi connectivity index (χ0v) is 8.59. The minimum Gasteiger partial charge on any atom is -0.391 e. The molecule has 0 aliphatic rings. The van der Waals surface area contributed by atoms with E-state index in [1.54, 1.807) is 20.8 Å². The van der Waals surface area contributed by atoms with Crippen LogP contribution in [0, 0.1) is 30.6 Å². The summed E-state index contributed by atoms with van der Waals surface area (Å²) in [5.41, 5.74) is -0.500. The second kappa shape index (κ2) is 11.9. The van der Waals surface area contributed by atoms with E-state index in [-0.39, 0.29) is 16.5 Å². The summed E-state index contributed by atoms with van der Waals surface area (Å²) in [5, 5.41) is 38.0. The van der Waals surface area contributed by atoms with Crippen molar-refractivity contribution in [1.29, 1.82) is 0 Å². The van der Waals surface area contributed by atoms with Crippen molar-refractivity contribution >= 4 is 0 Å². The Bertz CT molecular complexity index is 130. The first-order valence-electron chi connectivity index (χ1n) is 2.82. The van der Waals surface area contributed by atoms with E-state index in [2.05, 4.69) is 0 Å². The van der Waals surface area contributed by atoms with Gasteiger partial charge in [-0.3, -0.25) is 0 Å². The molecule has 10 heteroatoms. The third-order valence-electron chi connectivity index (χ3n) is 0. The summed E-state index contributed by atoms with van der Waals surface area (Å²) in [4.78, 5) is 16.5. The van der Waals surface area contributed by atoms with Crippen LogP contribution in [-0.4, -0.2) is 20.9 Å². The van der Waals surface area contributed by atoms with Crippen molar-refractivity contribution in [3.8, 4) is 0 Å². The van der Waals surface area contributed by atoms with Gasteiger partial charge in [0.05, 0.1) is 15.8 Å². The van der Waals surface area contributed by atoms with Gasteiger partial charge in [0.15, 0.2) is 0 Å². The Morgan fingerprint density at radius 1 is 0.929 bits per heavy atom. The van der Waals surface area contributed by atoms with E-state index >= 15 is 0 Å².